The van der Waals surface area contributed by atoms with Gasteiger partial charge in [0.25, 0.3) is 0 Å². The summed E-state index contributed by atoms with van der Waals surface area (Å²) in [5.74, 6) is 2.71. The number of aliphatic hydroxyl groups is 1. The van der Waals surface area contributed by atoms with Gasteiger partial charge in [0.15, 0.2) is 0 Å². The maximum absolute atomic E-state index is 9.72. The van der Waals surface area contributed by atoms with E-state index in [1.165, 1.54) is 12.8 Å². The molecular formula is C14H24N2O. The van der Waals surface area contributed by atoms with Gasteiger partial charge in [-0.05, 0) is 19.3 Å². The number of piperidine rings is 1. The summed E-state index contributed by atoms with van der Waals surface area (Å²) in [6.45, 7) is 7.26. The van der Waals surface area contributed by atoms with Gasteiger partial charge in [0.2, 0.25) is 0 Å². The summed E-state index contributed by atoms with van der Waals surface area (Å²) in [6.07, 6.45) is 8.43. The Bertz CT molecular complexity index is 300. The molecule has 0 bridgehead atoms. The molecule has 2 fully saturated rings. The number of likely N-dealkylation sites (tertiary alicyclic amines) is 1. The van der Waals surface area contributed by atoms with Crippen LogP contribution in [0.15, 0.2) is 0 Å². The minimum Gasteiger partial charge on any atom is -0.392 e. The average molecular weight is 236 g/mol. The van der Waals surface area contributed by atoms with Crippen molar-refractivity contribution in [2.75, 3.05) is 19.6 Å². The van der Waals surface area contributed by atoms with Gasteiger partial charge in [0.1, 0.15) is 0 Å². The van der Waals surface area contributed by atoms with Gasteiger partial charge in [-0.1, -0.05) is 19.8 Å². The molecule has 0 aromatic carbocycles. The maximum atomic E-state index is 9.72. The van der Waals surface area contributed by atoms with Crippen molar-refractivity contribution in [1.29, 1.82) is 0 Å². The Balaban J connectivity index is 1.74. The Labute approximate surface area is 105 Å². The molecule has 1 aliphatic carbocycles. The fraction of sp³-hybridized carbons (Fsp3) is 0.857. The molecule has 1 saturated heterocycles. The summed E-state index contributed by atoms with van der Waals surface area (Å²) in [7, 11) is 0. The minimum atomic E-state index is -0.137. The molecule has 3 heteroatoms. The smallest absolute Gasteiger partial charge is 0.0621 e. The van der Waals surface area contributed by atoms with Crippen LogP contribution in [0.4, 0.5) is 0 Å². The lowest BCUT2D eigenvalue weighted by Gasteiger charge is -2.51. The molecule has 3 nitrogen and oxygen atoms in total. The normalized spacial score (nSPS) is 34.0. The highest BCUT2D eigenvalue weighted by atomic mass is 16.3. The predicted molar refractivity (Wildman–Crippen MR) is 69.6 cm³/mol. The molecule has 17 heavy (non-hydrogen) atoms. The lowest BCUT2D eigenvalue weighted by Crippen LogP contribution is -2.62. The topological polar surface area (TPSA) is 35.5 Å². The Morgan fingerprint density at radius 1 is 1.41 bits per heavy atom. The fourth-order valence-corrected chi connectivity index (χ4v) is 2.86. The van der Waals surface area contributed by atoms with E-state index in [0.29, 0.717) is 12.1 Å². The number of aliphatic hydroxyl groups excluding tert-OH is 1. The zero-order valence-electron chi connectivity index (χ0n) is 10.9. The zero-order chi connectivity index (χ0) is 12.5. The van der Waals surface area contributed by atoms with E-state index in [1.54, 1.807) is 0 Å². The summed E-state index contributed by atoms with van der Waals surface area (Å²) < 4.78 is 0. The second kappa shape index (κ2) is 4.97. The molecule has 0 radical (unpaired) electrons. The van der Waals surface area contributed by atoms with E-state index in [0.717, 1.165) is 26.1 Å². The standard InChI is InChI=1S/C14H24N2O/c1-4-7-16-8-5-11(6-9-16)15-12-10-13(17)14(12,2)3/h1,11-13,15,17H,5-10H2,2-3H3. The molecule has 0 amide bonds. The molecule has 2 rings (SSSR count). The maximum Gasteiger partial charge on any atom is 0.0621 e. The quantitative estimate of drug-likeness (QED) is 0.713. The highest BCUT2D eigenvalue weighted by Crippen LogP contribution is 2.40. The van der Waals surface area contributed by atoms with Gasteiger partial charge in [-0.3, -0.25) is 4.90 Å². The number of nitrogens with one attached hydrogen (secondary N) is 1. The zero-order valence-corrected chi connectivity index (χ0v) is 10.9. The van der Waals surface area contributed by atoms with Crippen molar-refractivity contribution < 1.29 is 5.11 Å². The summed E-state index contributed by atoms with van der Waals surface area (Å²) in [4.78, 5) is 2.33. The predicted octanol–water partition coefficient (Wildman–Crippen LogP) is 0.833. The van der Waals surface area contributed by atoms with Gasteiger partial charge in [-0.15, -0.1) is 6.42 Å². The number of hydrogen-bond donors (Lipinski definition) is 2. The molecule has 0 spiro atoms. The molecule has 96 valence electrons. The first-order valence-electron chi connectivity index (χ1n) is 6.64. The van der Waals surface area contributed by atoms with Gasteiger partial charge in [-0.25, -0.2) is 0 Å². The van der Waals surface area contributed by atoms with Crippen LogP contribution < -0.4 is 5.32 Å². The van der Waals surface area contributed by atoms with Crippen molar-refractivity contribution in [3.63, 3.8) is 0 Å². The van der Waals surface area contributed by atoms with E-state index >= 15 is 0 Å². The van der Waals surface area contributed by atoms with Crippen LogP contribution in [0.3, 0.4) is 0 Å². The molecule has 2 aliphatic rings. The minimum absolute atomic E-state index is 0.0376. The van der Waals surface area contributed by atoms with Crippen molar-refractivity contribution in [2.24, 2.45) is 5.41 Å². The average Bonchev–Trinajstić information content (AvgIpc) is 2.31. The molecule has 1 aliphatic heterocycles. The molecule has 2 atom stereocenters. The van der Waals surface area contributed by atoms with Gasteiger partial charge < -0.3 is 10.4 Å². The third-order valence-electron chi connectivity index (χ3n) is 4.56. The van der Waals surface area contributed by atoms with Crippen molar-refractivity contribution in [3.05, 3.63) is 0 Å². The van der Waals surface area contributed by atoms with Crippen LogP contribution >= 0.6 is 0 Å². The Morgan fingerprint density at radius 2 is 2.06 bits per heavy atom. The summed E-state index contributed by atoms with van der Waals surface area (Å²) in [5, 5.41) is 13.4. The molecule has 0 aromatic heterocycles. The SMILES string of the molecule is C#CCN1CCC(NC2CC(O)C2(C)C)CC1. The summed E-state index contributed by atoms with van der Waals surface area (Å²) in [5.41, 5.74) is 0.0376. The van der Waals surface area contributed by atoms with E-state index in [9.17, 15) is 5.11 Å². The molecule has 1 heterocycles. The van der Waals surface area contributed by atoms with Crippen LogP contribution in [0.1, 0.15) is 33.1 Å². The van der Waals surface area contributed by atoms with Gasteiger partial charge in [0.05, 0.1) is 12.6 Å². The monoisotopic (exact) mass is 236 g/mol. The van der Waals surface area contributed by atoms with Crippen LogP contribution in [-0.2, 0) is 0 Å². The second-order valence-electron chi connectivity index (χ2n) is 6.05. The van der Waals surface area contributed by atoms with Crippen molar-refractivity contribution >= 4 is 0 Å². The molecule has 1 saturated carbocycles. The van der Waals surface area contributed by atoms with Gasteiger partial charge >= 0.3 is 0 Å². The third-order valence-corrected chi connectivity index (χ3v) is 4.56. The number of rotatable bonds is 3. The highest BCUT2D eigenvalue weighted by molar-refractivity contribution is 5.03. The molecule has 0 aromatic rings. The number of hydrogen-bond acceptors (Lipinski definition) is 3. The Morgan fingerprint density at radius 3 is 2.53 bits per heavy atom. The first kappa shape index (κ1) is 12.9. The van der Waals surface area contributed by atoms with Crippen molar-refractivity contribution in [2.45, 2.75) is 51.3 Å². The summed E-state index contributed by atoms with van der Waals surface area (Å²) >= 11 is 0. The fourth-order valence-electron chi connectivity index (χ4n) is 2.86. The highest BCUT2D eigenvalue weighted by Gasteiger charge is 2.47. The largest absolute Gasteiger partial charge is 0.392 e. The van der Waals surface area contributed by atoms with Crippen molar-refractivity contribution in [1.82, 2.24) is 10.2 Å². The number of nitrogens with zero attached hydrogens (tertiary/aromatic N) is 1. The van der Waals surface area contributed by atoms with Crippen LogP contribution in [0.25, 0.3) is 0 Å². The summed E-state index contributed by atoms with van der Waals surface area (Å²) in [6, 6.07) is 1.07. The number of terminal acetylenes is 1. The lowest BCUT2D eigenvalue weighted by molar-refractivity contribution is -0.0776. The van der Waals surface area contributed by atoms with Crippen molar-refractivity contribution in [3.8, 4) is 12.3 Å². The third kappa shape index (κ3) is 2.65. The van der Waals surface area contributed by atoms with E-state index in [2.05, 4.69) is 30.0 Å². The molecule has 2 N–H and O–H groups in total. The van der Waals surface area contributed by atoms with Gasteiger partial charge in [0, 0.05) is 30.6 Å². The van der Waals surface area contributed by atoms with E-state index in [4.69, 9.17) is 6.42 Å². The van der Waals surface area contributed by atoms with Crippen LogP contribution in [0.2, 0.25) is 0 Å². The van der Waals surface area contributed by atoms with E-state index in [1.807, 2.05) is 0 Å². The van der Waals surface area contributed by atoms with Crippen LogP contribution in [0.5, 0.6) is 0 Å². The molecular weight excluding hydrogens is 212 g/mol. The first-order valence-corrected chi connectivity index (χ1v) is 6.64. The second-order valence-corrected chi connectivity index (χ2v) is 6.05. The van der Waals surface area contributed by atoms with Gasteiger partial charge in [-0.2, -0.15) is 0 Å². The van der Waals surface area contributed by atoms with E-state index < -0.39 is 0 Å². The lowest BCUT2D eigenvalue weighted by atomic mass is 9.64. The van der Waals surface area contributed by atoms with E-state index in [-0.39, 0.29) is 11.5 Å². The Hall–Kier alpha value is -0.560. The Kier molecular flexibility index (Phi) is 3.77. The van der Waals surface area contributed by atoms with Crippen LogP contribution in [-0.4, -0.2) is 47.8 Å². The van der Waals surface area contributed by atoms with Crippen LogP contribution in [0, 0.1) is 17.8 Å². The first-order chi connectivity index (χ1) is 8.04. The molecule has 2 unspecified atom stereocenters.